The Kier molecular flexibility index (Phi) is 23.1. The minimum atomic E-state index is 0.343. The van der Waals surface area contributed by atoms with Crippen molar-refractivity contribution in [1.82, 2.24) is 0 Å². The van der Waals surface area contributed by atoms with Crippen LogP contribution in [0.15, 0.2) is 78.9 Å². The molecule has 9 aliphatic carbocycles. The fraction of sp³-hybridized carbons (Fsp3) is 0.746. The van der Waals surface area contributed by atoms with Gasteiger partial charge in [0.1, 0.15) is 67.6 Å². The van der Waals surface area contributed by atoms with Crippen LogP contribution in [0.1, 0.15) is 167 Å². The van der Waals surface area contributed by atoms with E-state index in [9.17, 15) is 0 Å². The lowest BCUT2D eigenvalue weighted by molar-refractivity contribution is 0.128. The second kappa shape index (κ2) is 30.7. The number of hydrogen-bond donors (Lipinski definition) is 0. The van der Waals surface area contributed by atoms with Crippen LogP contribution in [-0.2, 0) is 33.2 Å². The zero-order chi connectivity index (χ0) is 55.9. The molecule has 10 heteroatoms. The fourth-order valence-electron chi connectivity index (χ4n) is 17.1. The maximum Gasteiger partial charge on any atom is 0.122 e. The number of benzene rings is 3. The van der Waals surface area contributed by atoms with Gasteiger partial charge in [-0.05, 0) is 216 Å². The average Bonchev–Trinajstić information content (AvgIpc) is 4.65. The van der Waals surface area contributed by atoms with E-state index in [0.717, 1.165) is 149 Å². The Morgan fingerprint density at radius 2 is 0.691 bits per heavy atom. The van der Waals surface area contributed by atoms with Crippen LogP contribution >= 0.6 is 0 Å². The highest BCUT2D eigenvalue weighted by Crippen LogP contribution is 2.66. The third-order valence-corrected chi connectivity index (χ3v) is 20.9. The van der Waals surface area contributed by atoms with Crippen LogP contribution in [0.25, 0.3) is 0 Å². The molecule has 3 aromatic carbocycles. The molecule has 0 spiro atoms. The van der Waals surface area contributed by atoms with Gasteiger partial charge < -0.3 is 47.4 Å². The second-order valence-corrected chi connectivity index (χ2v) is 25.5. The molecule has 6 bridgehead atoms. The van der Waals surface area contributed by atoms with Gasteiger partial charge in [-0.1, -0.05) is 102 Å². The Morgan fingerprint density at radius 1 is 0.346 bits per heavy atom. The highest BCUT2D eigenvalue weighted by atomic mass is 16.6. The standard InChI is InChI=1S/2C19H24O2.C10H16.C9H10O2.2C5H10O2.2C2H6/c2*1-2-7-19(21-11-13-10-20-13)16(4-1)18-9-12-8-17(18)15-6-3-5-14(12)15;1-2-9-7-4-5-8(6-7)10(9)3-1;1-2-4-8(5-3-1)10-6-9-7-11-9;2*1-2-6-3-5-4-7-5;2*1-2/h2*1-2,4,7,12-15,17-18H,3,5-6,8-11H2;7-10H,1-6H2;1-5,9H,6-7H2;2*5H,2-4H2,1H3;2*1-2H3. The molecule has 19 atom stereocenters. The third kappa shape index (κ3) is 16.8. The van der Waals surface area contributed by atoms with Crippen molar-refractivity contribution in [3.63, 3.8) is 0 Å². The molecular weight excluding hydrogens is 1010 g/mol. The van der Waals surface area contributed by atoms with Crippen LogP contribution in [0.2, 0.25) is 0 Å². The van der Waals surface area contributed by atoms with Crippen molar-refractivity contribution in [2.24, 2.45) is 71.0 Å². The van der Waals surface area contributed by atoms with Gasteiger partial charge in [0.05, 0.1) is 46.2 Å². The summed E-state index contributed by atoms with van der Waals surface area (Å²) in [5, 5.41) is 0. The molecule has 5 saturated heterocycles. The lowest BCUT2D eigenvalue weighted by Crippen LogP contribution is -2.23. The molecule has 3 aromatic rings. The molecule has 450 valence electrons. The van der Waals surface area contributed by atoms with E-state index in [0.29, 0.717) is 37.1 Å². The summed E-state index contributed by atoms with van der Waals surface area (Å²) in [6.07, 6.45) is 26.2. The number of rotatable bonds is 17. The molecule has 14 aliphatic rings. The quantitative estimate of drug-likeness (QED) is 0.121. The zero-order valence-electron chi connectivity index (χ0n) is 50.9. The van der Waals surface area contributed by atoms with Gasteiger partial charge in [0.25, 0.3) is 0 Å². The van der Waals surface area contributed by atoms with Crippen LogP contribution in [0.3, 0.4) is 0 Å². The van der Waals surface area contributed by atoms with E-state index in [1.807, 2.05) is 71.9 Å². The average molecular weight is 1120 g/mol. The topological polar surface area (TPSA) is 109 Å². The summed E-state index contributed by atoms with van der Waals surface area (Å²) in [6.45, 7) is 21.7. The summed E-state index contributed by atoms with van der Waals surface area (Å²) in [7, 11) is 0. The van der Waals surface area contributed by atoms with Gasteiger partial charge in [0.15, 0.2) is 0 Å². The molecule has 9 saturated carbocycles. The largest absolute Gasteiger partial charge is 0.491 e. The third-order valence-electron chi connectivity index (χ3n) is 20.9. The van der Waals surface area contributed by atoms with Crippen LogP contribution in [0, 0.1) is 71.0 Å². The fourth-order valence-corrected chi connectivity index (χ4v) is 17.1. The lowest BCUT2D eigenvalue weighted by atomic mass is 9.73. The predicted molar refractivity (Wildman–Crippen MR) is 321 cm³/mol. The van der Waals surface area contributed by atoms with Crippen LogP contribution in [0.5, 0.6) is 17.2 Å². The van der Waals surface area contributed by atoms with Crippen LogP contribution in [0.4, 0.5) is 0 Å². The first-order chi connectivity index (χ1) is 40.1. The summed E-state index contributed by atoms with van der Waals surface area (Å²) in [4.78, 5) is 0. The highest BCUT2D eigenvalue weighted by molar-refractivity contribution is 5.40. The van der Waals surface area contributed by atoms with Crippen molar-refractivity contribution in [1.29, 1.82) is 0 Å². The minimum absolute atomic E-state index is 0.343. The molecule has 0 amide bonds. The van der Waals surface area contributed by atoms with Crippen molar-refractivity contribution in [2.45, 2.75) is 187 Å². The number of ether oxygens (including phenoxy) is 10. The first-order valence-electron chi connectivity index (χ1n) is 33.4. The lowest BCUT2D eigenvalue weighted by Gasteiger charge is -2.32. The van der Waals surface area contributed by atoms with E-state index in [1.165, 1.54) is 99.0 Å². The summed E-state index contributed by atoms with van der Waals surface area (Å²) in [5.41, 5.74) is 2.96. The Hall–Kier alpha value is -3.22. The Balaban J connectivity index is 0.000000114. The molecule has 10 nitrogen and oxygen atoms in total. The van der Waals surface area contributed by atoms with Crippen molar-refractivity contribution in [2.75, 3.05) is 79.3 Å². The van der Waals surface area contributed by atoms with Gasteiger partial charge in [-0.15, -0.1) is 0 Å². The van der Waals surface area contributed by atoms with Gasteiger partial charge in [0.2, 0.25) is 0 Å². The van der Waals surface area contributed by atoms with Crippen LogP contribution in [-0.4, -0.2) is 110 Å². The minimum Gasteiger partial charge on any atom is -0.491 e. The maximum absolute atomic E-state index is 6.07. The highest BCUT2D eigenvalue weighted by Gasteiger charge is 2.56. The molecule has 5 heterocycles. The van der Waals surface area contributed by atoms with E-state index < -0.39 is 0 Å². The Labute approximate surface area is 489 Å². The Morgan fingerprint density at radius 3 is 1.09 bits per heavy atom. The molecule has 14 fully saturated rings. The monoisotopic (exact) mass is 1120 g/mol. The van der Waals surface area contributed by atoms with Gasteiger partial charge in [0, 0.05) is 13.2 Å². The van der Waals surface area contributed by atoms with E-state index >= 15 is 0 Å². The molecule has 5 aliphatic heterocycles. The molecule has 17 rings (SSSR count). The molecule has 0 aromatic heterocycles. The summed E-state index contributed by atoms with van der Waals surface area (Å²) in [5.74, 6) is 17.5. The van der Waals surface area contributed by atoms with Crippen molar-refractivity contribution < 1.29 is 47.4 Å². The predicted octanol–water partition coefficient (Wildman–Crippen LogP) is 15.2. The number of fused-ring (bicyclic) bond motifs is 15. The Bertz CT molecular complexity index is 2130. The van der Waals surface area contributed by atoms with Crippen molar-refractivity contribution in [3.05, 3.63) is 90.0 Å². The van der Waals surface area contributed by atoms with E-state index in [1.54, 1.807) is 38.5 Å². The van der Waals surface area contributed by atoms with E-state index in [4.69, 9.17) is 47.4 Å². The van der Waals surface area contributed by atoms with Gasteiger partial charge in [-0.25, -0.2) is 0 Å². The van der Waals surface area contributed by atoms with Crippen molar-refractivity contribution in [3.8, 4) is 17.2 Å². The summed E-state index contributed by atoms with van der Waals surface area (Å²) < 4.78 is 52.9. The van der Waals surface area contributed by atoms with Gasteiger partial charge in [-0.3, -0.25) is 0 Å². The first kappa shape index (κ1) is 60.9. The second-order valence-electron chi connectivity index (χ2n) is 25.5. The number of para-hydroxylation sites is 3. The zero-order valence-corrected chi connectivity index (χ0v) is 50.9. The molecule has 81 heavy (non-hydrogen) atoms. The van der Waals surface area contributed by atoms with Crippen molar-refractivity contribution >= 4 is 0 Å². The molecular formula is C71H106O10. The number of epoxide rings is 5. The van der Waals surface area contributed by atoms with Gasteiger partial charge in [-0.2, -0.15) is 0 Å². The SMILES string of the molecule is C1CC2C3CCC(C3)C2C1.CC.CC.CCOCC1CO1.CCOCC1CO1.c1ccc(C2CC3CC2C2CCCC32)c(OCC2CO2)c1.c1ccc(C2CC3CC2C2CCCC32)c(OCC2CO2)c1.c1ccc(OCC2CO2)cc1. The molecule has 0 N–H and O–H groups in total. The summed E-state index contributed by atoms with van der Waals surface area (Å²) in [6, 6.07) is 27.3. The van der Waals surface area contributed by atoms with Gasteiger partial charge >= 0.3 is 0 Å². The number of hydrogen-bond acceptors (Lipinski definition) is 10. The van der Waals surface area contributed by atoms with Crippen LogP contribution < -0.4 is 14.2 Å². The van der Waals surface area contributed by atoms with E-state index in [2.05, 4.69) is 48.5 Å². The maximum atomic E-state index is 6.07. The first-order valence-corrected chi connectivity index (χ1v) is 33.4. The summed E-state index contributed by atoms with van der Waals surface area (Å²) >= 11 is 0. The normalized spacial score (nSPS) is 37.3. The smallest absolute Gasteiger partial charge is 0.122 e. The molecule has 0 radical (unpaired) electrons. The van der Waals surface area contributed by atoms with E-state index in [-0.39, 0.29) is 0 Å². The molecule has 19 unspecified atom stereocenters.